The average Bonchev–Trinajstić information content (AvgIpc) is 2.06. The second-order valence-corrected chi connectivity index (χ2v) is 5.73. The van der Waals surface area contributed by atoms with Gasteiger partial charge in [-0.25, -0.2) is 0 Å². The molecule has 1 N–H and O–H groups in total. The molecule has 1 aliphatic rings. The number of hydrogen-bond donors (Lipinski definition) is 1. The van der Waals surface area contributed by atoms with Crippen molar-refractivity contribution in [2.45, 2.75) is 33.2 Å². The number of rotatable bonds is 0. The van der Waals surface area contributed by atoms with Gasteiger partial charge in [-0.1, -0.05) is 22.0 Å². The minimum Gasteiger partial charge on any atom is -0.376 e. The molecule has 2 heteroatoms. The largest absolute Gasteiger partial charge is 0.376 e. The van der Waals surface area contributed by atoms with Crippen molar-refractivity contribution in [3.8, 4) is 0 Å². The van der Waals surface area contributed by atoms with Gasteiger partial charge in [-0.2, -0.15) is 0 Å². The van der Waals surface area contributed by atoms with E-state index in [1.54, 1.807) is 0 Å². The molecule has 1 nitrogen and oxygen atoms in total. The van der Waals surface area contributed by atoms with E-state index in [0.717, 1.165) is 4.47 Å². The maximum atomic E-state index is 3.56. The normalized spacial score (nSPS) is 17.8. The zero-order valence-corrected chi connectivity index (χ0v) is 11.2. The van der Waals surface area contributed by atoms with Crippen LogP contribution in [0.5, 0.6) is 0 Å². The molecule has 0 aromatic heterocycles. The van der Waals surface area contributed by atoms with Gasteiger partial charge in [-0.15, -0.1) is 0 Å². The number of halogens is 1. The molecule has 80 valence electrons. The molecule has 0 saturated heterocycles. The van der Waals surface area contributed by atoms with Crippen LogP contribution in [0.25, 0.3) is 5.57 Å². The van der Waals surface area contributed by atoms with Gasteiger partial charge in [0.25, 0.3) is 0 Å². The van der Waals surface area contributed by atoms with Gasteiger partial charge in [-0.3, -0.25) is 0 Å². The lowest BCUT2D eigenvalue weighted by atomic mass is 9.90. The fourth-order valence-electron chi connectivity index (χ4n) is 2.20. The lowest BCUT2D eigenvalue weighted by Gasteiger charge is -2.32. The highest BCUT2D eigenvalue weighted by molar-refractivity contribution is 9.10. The van der Waals surface area contributed by atoms with E-state index in [2.05, 4.69) is 67.2 Å². The predicted molar refractivity (Wildman–Crippen MR) is 70.2 cm³/mol. The molecule has 0 bridgehead atoms. The van der Waals surface area contributed by atoms with Crippen LogP contribution < -0.4 is 5.32 Å². The molecule has 0 aliphatic carbocycles. The number of anilines is 1. The number of nitrogens with one attached hydrogen (secondary N) is 1. The number of fused-ring (bicyclic) bond motifs is 1. The first-order chi connectivity index (χ1) is 6.89. The smallest absolute Gasteiger partial charge is 0.0506 e. The van der Waals surface area contributed by atoms with Crippen molar-refractivity contribution in [1.29, 1.82) is 0 Å². The first kappa shape index (κ1) is 10.7. The van der Waals surface area contributed by atoms with Gasteiger partial charge in [0.15, 0.2) is 0 Å². The summed E-state index contributed by atoms with van der Waals surface area (Å²) in [6.07, 6.45) is 2.28. The summed E-state index contributed by atoms with van der Waals surface area (Å²) in [4.78, 5) is 0. The minimum absolute atomic E-state index is 0.0513. The van der Waals surface area contributed by atoms with Gasteiger partial charge in [0, 0.05) is 15.7 Å². The lowest BCUT2D eigenvalue weighted by molar-refractivity contribution is 0.706. The first-order valence-electron chi connectivity index (χ1n) is 5.17. The van der Waals surface area contributed by atoms with E-state index in [1.807, 2.05) is 0 Å². The Hall–Kier alpha value is -0.760. The van der Waals surface area contributed by atoms with Crippen LogP contribution in [0.2, 0.25) is 0 Å². The van der Waals surface area contributed by atoms with E-state index in [9.17, 15) is 0 Å². The Morgan fingerprint density at radius 3 is 2.53 bits per heavy atom. The van der Waals surface area contributed by atoms with Gasteiger partial charge < -0.3 is 5.32 Å². The average molecular weight is 266 g/mol. The molecule has 0 spiro atoms. The highest BCUT2D eigenvalue weighted by atomic mass is 79.9. The molecule has 0 unspecified atom stereocenters. The van der Waals surface area contributed by atoms with Crippen molar-refractivity contribution in [1.82, 2.24) is 0 Å². The summed E-state index contributed by atoms with van der Waals surface area (Å²) in [6, 6.07) is 4.33. The van der Waals surface area contributed by atoms with Crippen LogP contribution in [-0.2, 0) is 0 Å². The van der Waals surface area contributed by atoms with Crippen molar-refractivity contribution in [3.63, 3.8) is 0 Å². The van der Waals surface area contributed by atoms with Crippen LogP contribution >= 0.6 is 15.9 Å². The maximum absolute atomic E-state index is 3.56. The third kappa shape index (κ3) is 1.96. The molecular formula is C13H16BrN. The third-order valence-corrected chi connectivity index (χ3v) is 3.21. The highest BCUT2D eigenvalue weighted by Gasteiger charge is 2.23. The van der Waals surface area contributed by atoms with Crippen LogP contribution in [0, 0.1) is 6.92 Å². The Morgan fingerprint density at radius 1 is 1.20 bits per heavy atom. The Morgan fingerprint density at radius 2 is 1.87 bits per heavy atom. The molecule has 1 aromatic rings. The SMILES string of the molecule is CC1=CC(C)(C)Nc2c(C)cc(Br)cc21. The van der Waals surface area contributed by atoms with Gasteiger partial charge in [0.05, 0.1) is 5.54 Å². The van der Waals surface area contributed by atoms with E-state index in [0.29, 0.717) is 0 Å². The van der Waals surface area contributed by atoms with E-state index < -0.39 is 0 Å². The molecule has 0 saturated carbocycles. The summed E-state index contributed by atoms with van der Waals surface area (Å²) in [5.41, 5.74) is 5.26. The van der Waals surface area contributed by atoms with Crippen LogP contribution in [0.4, 0.5) is 5.69 Å². The second-order valence-electron chi connectivity index (χ2n) is 4.82. The fourth-order valence-corrected chi connectivity index (χ4v) is 2.77. The minimum atomic E-state index is 0.0513. The molecule has 0 atom stereocenters. The van der Waals surface area contributed by atoms with Crippen molar-refractivity contribution in [2.24, 2.45) is 0 Å². The Bertz CT molecular complexity index is 444. The molecule has 0 fully saturated rings. The predicted octanol–water partition coefficient (Wildman–Crippen LogP) is 4.36. The Kier molecular flexibility index (Phi) is 2.42. The molecule has 0 amide bonds. The molecule has 0 radical (unpaired) electrons. The molecule has 1 heterocycles. The monoisotopic (exact) mass is 265 g/mol. The highest BCUT2D eigenvalue weighted by Crippen LogP contribution is 2.37. The summed E-state index contributed by atoms with van der Waals surface area (Å²) in [5.74, 6) is 0. The summed E-state index contributed by atoms with van der Waals surface area (Å²) >= 11 is 3.54. The standard InChI is InChI=1S/C13H16BrN/c1-8-5-10(14)6-11-9(2)7-13(3,4)15-12(8)11/h5-7,15H,1-4H3. The number of hydrogen-bond acceptors (Lipinski definition) is 1. The molecular weight excluding hydrogens is 250 g/mol. The van der Waals surface area contributed by atoms with E-state index in [4.69, 9.17) is 0 Å². The van der Waals surface area contributed by atoms with E-state index in [-0.39, 0.29) is 5.54 Å². The Labute approximate surface area is 99.7 Å². The van der Waals surface area contributed by atoms with E-state index >= 15 is 0 Å². The molecule has 1 aromatic carbocycles. The zero-order valence-electron chi connectivity index (χ0n) is 9.61. The quantitative estimate of drug-likeness (QED) is 0.735. The molecule has 2 rings (SSSR count). The van der Waals surface area contributed by atoms with Gasteiger partial charge in [-0.05, 0) is 51.0 Å². The summed E-state index contributed by atoms with van der Waals surface area (Å²) in [6.45, 7) is 8.71. The van der Waals surface area contributed by atoms with Crippen LogP contribution in [0.15, 0.2) is 22.7 Å². The zero-order chi connectivity index (χ0) is 11.2. The lowest BCUT2D eigenvalue weighted by Crippen LogP contribution is -2.31. The van der Waals surface area contributed by atoms with Crippen LogP contribution in [-0.4, -0.2) is 5.54 Å². The van der Waals surface area contributed by atoms with Crippen molar-refractivity contribution >= 4 is 27.2 Å². The van der Waals surface area contributed by atoms with Gasteiger partial charge in [0.1, 0.15) is 0 Å². The summed E-state index contributed by atoms with van der Waals surface area (Å²) in [7, 11) is 0. The van der Waals surface area contributed by atoms with Crippen molar-refractivity contribution in [2.75, 3.05) is 5.32 Å². The summed E-state index contributed by atoms with van der Waals surface area (Å²) in [5, 5.41) is 3.56. The van der Waals surface area contributed by atoms with E-state index in [1.165, 1.54) is 22.4 Å². The van der Waals surface area contributed by atoms with Crippen molar-refractivity contribution in [3.05, 3.63) is 33.8 Å². The topological polar surface area (TPSA) is 12.0 Å². The van der Waals surface area contributed by atoms with Crippen LogP contribution in [0.3, 0.4) is 0 Å². The summed E-state index contributed by atoms with van der Waals surface area (Å²) < 4.78 is 1.15. The second kappa shape index (κ2) is 3.38. The fraction of sp³-hybridized carbons (Fsp3) is 0.385. The number of allylic oxidation sites excluding steroid dienone is 1. The third-order valence-electron chi connectivity index (χ3n) is 2.75. The van der Waals surface area contributed by atoms with Crippen LogP contribution in [0.1, 0.15) is 31.9 Å². The number of benzene rings is 1. The number of aryl methyl sites for hydroxylation is 1. The maximum Gasteiger partial charge on any atom is 0.0506 e. The first-order valence-corrected chi connectivity index (χ1v) is 5.96. The van der Waals surface area contributed by atoms with Gasteiger partial charge in [0.2, 0.25) is 0 Å². The van der Waals surface area contributed by atoms with Crippen molar-refractivity contribution < 1.29 is 0 Å². The molecule has 1 aliphatic heterocycles. The Balaban J connectivity index is 2.65. The molecule has 15 heavy (non-hydrogen) atoms. The van der Waals surface area contributed by atoms with Gasteiger partial charge >= 0.3 is 0 Å².